The first-order chi connectivity index (χ1) is 13.6. The van der Waals surface area contributed by atoms with Crippen LogP contribution in [0.1, 0.15) is 64.7 Å². The molecule has 0 bridgehead atoms. The average molecular weight is 395 g/mol. The van der Waals surface area contributed by atoms with Gasteiger partial charge in [-0.2, -0.15) is 0 Å². The highest BCUT2D eigenvalue weighted by Crippen LogP contribution is 2.11. The van der Waals surface area contributed by atoms with Crippen LogP contribution in [0.5, 0.6) is 0 Å². The summed E-state index contributed by atoms with van der Waals surface area (Å²) >= 11 is 0. The Morgan fingerprint density at radius 1 is 0.857 bits per heavy atom. The molecule has 2 unspecified atom stereocenters. The Bertz CT molecular complexity index is 479. The van der Waals surface area contributed by atoms with Gasteiger partial charge in [0.25, 0.3) is 0 Å². The van der Waals surface area contributed by atoms with Gasteiger partial charge in [-0.1, -0.05) is 88.0 Å². The van der Waals surface area contributed by atoms with Gasteiger partial charge < -0.3 is 20.1 Å². The lowest BCUT2D eigenvalue weighted by Crippen LogP contribution is -2.21. The van der Waals surface area contributed by atoms with Crippen molar-refractivity contribution in [1.29, 1.82) is 0 Å². The second kappa shape index (κ2) is 20.1. The second-order valence-corrected chi connectivity index (χ2v) is 6.81. The first-order valence-corrected chi connectivity index (χ1v) is 10.4. The van der Waals surface area contributed by atoms with E-state index in [9.17, 15) is 9.90 Å². The van der Waals surface area contributed by atoms with Gasteiger partial charge in [-0.15, -0.1) is 0 Å². The van der Waals surface area contributed by atoms with Gasteiger partial charge in [0, 0.05) is 6.08 Å². The minimum absolute atomic E-state index is 0.205. The lowest BCUT2D eigenvalue weighted by atomic mass is 10.0. The third-order valence-corrected chi connectivity index (χ3v) is 4.11. The zero-order chi connectivity index (χ0) is 20.9. The molecule has 28 heavy (non-hydrogen) atoms. The molecule has 2 atom stereocenters. The molecular weight excluding hydrogens is 356 g/mol. The monoisotopic (exact) mass is 394 g/mol. The van der Waals surface area contributed by atoms with Gasteiger partial charge in [0.1, 0.15) is 12.7 Å². The fourth-order valence-corrected chi connectivity index (χ4v) is 2.44. The standard InChI is InChI=1S/C23H38O5/c1-2-3-4-5-10-13-16-21(25)17-14-11-8-6-7-9-12-15-18-23(27)28-20-22(26)19-24/h6-9,11-12,15,18,21-22,24-26H,2-5,10,13-14,16-17,19-20H2,1H3. The van der Waals surface area contributed by atoms with Crippen molar-refractivity contribution in [2.75, 3.05) is 13.2 Å². The Morgan fingerprint density at radius 3 is 2.21 bits per heavy atom. The van der Waals surface area contributed by atoms with Crippen LogP contribution >= 0.6 is 0 Å². The van der Waals surface area contributed by atoms with E-state index < -0.39 is 18.7 Å². The minimum atomic E-state index is -1.04. The lowest BCUT2D eigenvalue weighted by molar-refractivity contribution is -0.141. The molecule has 0 saturated carbocycles. The molecule has 0 spiro atoms. The summed E-state index contributed by atoms with van der Waals surface area (Å²) in [7, 11) is 0. The molecule has 5 heteroatoms. The highest BCUT2D eigenvalue weighted by Gasteiger charge is 2.04. The average Bonchev–Trinajstić information content (AvgIpc) is 2.70. The lowest BCUT2D eigenvalue weighted by Gasteiger charge is -2.08. The van der Waals surface area contributed by atoms with Crippen molar-refractivity contribution in [1.82, 2.24) is 0 Å². The van der Waals surface area contributed by atoms with E-state index >= 15 is 0 Å². The predicted molar refractivity (Wildman–Crippen MR) is 114 cm³/mol. The van der Waals surface area contributed by atoms with E-state index in [4.69, 9.17) is 14.9 Å². The van der Waals surface area contributed by atoms with Crippen LogP contribution in [0.25, 0.3) is 0 Å². The molecule has 160 valence electrons. The van der Waals surface area contributed by atoms with Crippen LogP contribution in [0.4, 0.5) is 0 Å². The Kier molecular flexibility index (Phi) is 18.8. The van der Waals surface area contributed by atoms with Gasteiger partial charge in [-0.05, 0) is 19.3 Å². The van der Waals surface area contributed by atoms with Crippen molar-refractivity contribution in [2.45, 2.75) is 76.9 Å². The number of allylic oxidation sites excluding steroid dienone is 7. The van der Waals surface area contributed by atoms with Crippen LogP contribution in [0.15, 0.2) is 48.6 Å². The van der Waals surface area contributed by atoms with E-state index in [1.54, 1.807) is 18.2 Å². The molecule has 3 N–H and O–H groups in total. The molecule has 0 aliphatic carbocycles. The number of rotatable bonds is 17. The maximum absolute atomic E-state index is 11.3. The van der Waals surface area contributed by atoms with Crippen LogP contribution in [-0.4, -0.2) is 46.7 Å². The summed E-state index contributed by atoms with van der Waals surface area (Å²) in [5, 5.41) is 27.6. The summed E-state index contributed by atoms with van der Waals surface area (Å²) < 4.78 is 4.71. The third-order valence-electron chi connectivity index (χ3n) is 4.11. The summed E-state index contributed by atoms with van der Waals surface area (Å²) in [6.45, 7) is 1.56. The number of carbonyl (C=O) groups is 1. The van der Waals surface area contributed by atoms with Gasteiger partial charge in [0.15, 0.2) is 0 Å². The maximum atomic E-state index is 11.3. The van der Waals surface area contributed by atoms with E-state index in [1.807, 2.05) is 24.3 Å². The molecule has 0 aromatic heterocycles. The van der Waals surface area contributed by atoms with Gasteiger partial charge >= 0.3 is 5.97 Å². The van der Waals surface area contributed by atoms with Crippen molar-refractivity contribution in [3.05, 3.63) is 48.6 Å². The first kappa shape index (κ1) is 26.3. The zero-order valence-corrected chi connectivity index (χ0v) is 17.2. The quantitative estimate of drug-likeness (QED) is 0.150. The number of aliphatic hydroxyl groups excluding tert-OH is 3. The Labute approximate surface area is 170 Å². The van der Waals surface area contributed by atoms with E-state index in [2.05, 4.69) is 6.92 Å². The number of ether oxygens (including phenoxy) is 1. The highest BCUT2D eigenvalue weighted by molar-refractivity contribution is 5.82. The fourth-order valence-electron chi connectivity index (χ4n) is 2.44. The number of carbonyl (C=O) groups excluding carboxylic acids is 1. The van der Waals surface area contributed by atoms with Crippen molar-refractivity contribution in [3.8, 4) is 0 Å². The van der Waals surface area contributed by atoms with E-state index in [-0.39, 0.29) is 12.7 Å². The number of hydrogen-bond acceptors (Lipinski definition) is 5. The fraction of sp³-hybridized carbons (Fsp3) is 0.609. The number of hydrogen-bond donors (Lipinski definition) is 3. The van der Waals surface area contributed by atoms with Gasteiger partial charge in [0.05, 0.1) is 12.7 Å². The molecule has 5 nitrogen and oxygen atoms in total. The maximum Gasteiger partial charge on any atom is 0.330 e. The van der Waals surface area contributed by atoms with Crippen LogP contribution in [0.3, 0.4) is 0 Å². The molecule has 0 aromatic carbocycles. The van der Waals surface area contributed by atoms with Crippen LogP contribution in [0.2, 0.25) is 0 Å². The summed E-state index contributed by atoms with van der Waals surface area (Å²) in [5.74, 6) is -0.569. The summed E-state index contributed by atoms with van der Waals surface area (Å²) in [6.07, 6.45) is 22.8. The molecular formula is C23H38O5. The zero-order valence-electron chi connectivity index (χ0n) is 17.2. The normalized spacial score (nSPS) is 14.6. The minimum Gasteiger partial charge on any atom is -0.460 e. The van der Waals surface area contributed by atoms with Crippen molar-refractivity contribution in [3.63, 3.8) is 0 Å². The Morgan fingerprint density at radius 2 is 1.50 bits per heavy atom. The SMILES string of the molecule is CCCCCCCCC(O)CCC=CC=CC=CC=CC(=O)OCC(O)CO. The smallest absolute Gasteiger partial charge is 0.330 e. The van der Waals surface area contributed by atoms with Crippen molar-refractivity contribution < 1.29 is 24.9 Å². The third kappa shape index (κ3) is 19.1. The molecule has 0 heterocycles. The van der Waals surface area contributed by atoms with Crippen molar-refractivity contribution in [2.24, 2.45) is 0 Å². The molecule has 0 saturated heterocycles. The Balaban J connectivity index is 3.70. The summed E-state index contributed by atoms with van der Waals surface area (Å²) in [6, 6.07) is 0. The molecule has 0 aromatic rings. The first-order valence-electron chi connectivity index (χ1n) is 10.4. The van der Waals surface area contributed by atoms with E-state index in [0.717, 1.165) is 25.7 Å². The molecule has 0 rings (SSSR count). The van der Waals surface area contributed by atoms with Crippen LogP contribution < -0.4 is 0 Å². The molecule has 0 fully saturated rings. The van der Waals surface area contributed by atoms with E-state index in [1.165, 1.54) is 38.2 Å². The number of aliphatic hydroxyl groups is 3. The van der Waals surface area contributed by atoms with Gasteiger partial charge in [-0.3, -0.25) is 0 Å². The number of unbranched alkanes of at least 4 members (excludes halogenated alkanes) is 5. The largest absolute Gasteiger partial charge is 0.460 e. The van der Waals surface area contributed by atoms with Gasteiger partial charge in [0.2, 0.25) is 0 Å². The van der Waals surface area contributed by atoms with E-state index in [0.29, 0.717) is 0 Å². The van der Waals surface area contributed by atoms with Crippen LogP contribution in [0, 0.1) is 0 Å². The van der Waals surface area contributed by atoms with Gasteiger partial charge in [-0.25, -0.2) is 4.79 Å². The second-order valence-electron chi connectivity index (χ2n) is 6.81. The predicted octanol–water partition coefficient (Wildman–Crippen LogP) is 4.00. The van der Waals surface area contributed by atoms with Crippen molar-refractivity contribution >= 4 is 5.97 Å². The summed E-state index contributed by atoms with van der Waals surface area (Å²) in [5.41, 5.74) is 0. The molecule has 0 radical (unpaired) electrons. The Hall–Kier alpha value is -1.69. The van der Waals surface area contributed by atoms with Crippen LogP contribution in [-0.2, 0) is 9.53 Å². The number of esters is 1. The molecule has 0 amide bonds. The molecule has 0 aliphatic rings. The topological polar surface area (TPSA) is 87.0 Å². The summed E-state index contributed by atoms with van der Waals surface area (Å²) in [4.78, 5) is 11.3. The molecule has 0 aliphatic heterocycles. The highest BCUT2D eigenvalue weighted by atomic mass is 16.5.